The van der Waals surface area contributed by atoms with Crippen molar-refractivity contribution >= 4 is 82.4 Å². The summed E-state index contributed by atoms with van der Waals surface area (Å²) in [4.78, 5) is 2.41. The Hall–Kier alpha value is -8.40. The summed E-state index contributed by atoms with van der Waals surface area (Å²) in [7, 11) is 0. The van der Waals surface area contributed by atoms with Crippen LogP contribution in [-0.4, -0.2) is 4.57 Å². The summed E-state index contributed by atoms with van der Waals surface area (Å²) in [6, 6.07) is 80.0. The second-order valence-electron chi connectivity index (χ2n) is 18.4. The molecule has 3 nitrogen and oxygen atoms in total. The highest BCUT2D eigenvalue weighted by molar-refractivity contribution is 6.34. The highest BCUT2D eigenvalue weighted by Gasteiger charge is 2.36. The zero-order chi connectivity index (χ0) is 43.7. The Morgan fingerprint density at radius 2 is 0.970 bits per heavy atom. The van der Waals surface area contributed by atoms with E-state index < -0.39 is 0 Å². The van der Waals surface area contributed by atoms with Crippen LogP contribution in [0.4, 0.5) is 17.1 Å². The summed E-state index contributed by atoms with van der Waals surface area (Å²) in [5, 5.41) is 9.88. The smallest absolute Gasteiger partial charge is 0.143 e. The van der Waals surface area contributed by atoms with Crippen molar-refractivity contribution < 1.29 is 4.42 Å². The summed E-state index contributed by atoms with van der Waals surface area (Å²) in [6.45, 7) is 4.71. The second-order valence-corrected chi connectivity index (χ2v) is 18.4. The largest absolute Gasteiger partial charge is 0.455 e. The molecule has 1 aliphatic rings. The van der Waals surface area contributed by atoms with E-state index in [-0.39, 0.29) is 5.41 Å². The highest BCUT2D eigenvalue weighted by atomic mass is 16.3. The summed E-state index contributed by atoms with van der Waals surface area (Å²) in [6.07, 6.45) is 0. The van der Waals surface area contributed by atoms with E-state index in [0.717, 1.165) is 39.4 Å². The van der Waals surface area contributed by atoms with Crippen molar-refractivity contribution in [2.75, 3.05) is 4.90 Å². The Labute approximate surface area is 382 Å². The van der Waals surface area contributed by atoms with E-state index in [1.807, 2.05) is 0 Å². The predicted octanol–water partition coefficient (Wildman–Crippen LogP) is 17.5. The van der Waals surface area contributed by atoms with Gasteiger partial charge in [0.15, 0.2) is 0 Å². The fourth-order valence-electron chi connectivity index (χ4n) is 11.4. The number of furan rings is 1. The van der Waals surface area contributed by atoms with E-state index in [1.54, 1.807) is 0 Å². The quantitative estimate of drug-likeness (QED) is 0.156. The van der Waals surface area contributed by atoms with Crippen LogP contribution < -0.4 is 4.90 Å². The summed E-state index contributed by atoms with van der Waals surface area (Å²) < 4.78 is 9.15. The molecular weight excluding hydrogens is 801 g/mol. The number of para-hydroxylation sites is 2. The molecule has 0 aliphatic heterocycles. The first-order valence-corrected chi connectivity index (χ1v) is 22.9. The van der Waals surface area contributed by atoms with Gasteiger partial charge in [-0.2, -0.15) is 0 Å². The number of hydrogen-bond donors (Lipinski definition) is 0. The summed E-state index contributed by atoms with van der Waals surface area (Å²) in [5.41, 5.74) is 18.6. The maximum absolute atomic E-state index is 6.78. The number of aromatic nitrogens is 1. The van der Waals surface area contributed by atoms with Gasteiger partial charge < -0.3 is 13.9 Å². The van der Waals surface area contributed by atoms with Crippen LogP contribution >= 0.6 is 0 Å². The average Bonchev–Trinajstić information content (AvgIpc) is 4.00. The molecule has 2 aromatic heterocycles. The molecule has 0 amide bonds. The van der Waals surface area contributed by atoms with E-state index in [9.17, 15) is 0 Å². The Balaban J connectivity index is 0.889. The molecule has 0 saturated carbocycles. The van der Waals surface area contributed by atoms with E-state index >= 15 is 0 Å². The molecule has 0 atom stereocenters. The normalized spacial score (nSPS) is 13.1. The zero-order valence-electron chi connectivity index (χ0n) is 36.6. The van der Waals surface area contributed by atoms with Crippen molar-refractivity contribution in [2.45, 2.75) is 19.3 Å². The molecule has 310 valence electrons. The van der Waals surface area contributed by atoms with Crippen LogP contribution in [-0.2, 0) is 5.41 Å². The van der Waals surface area contributed by atoms with Crippen molar-refractivity contribution in [2.24, 2.45) is 0 Å². The molecular formula is C63H42N2O. The van der Waals surface area contributed by atoms with E-state index in [0.29, 0.717) is 0 Å². The fourth-order valence-corrected chi connectivity index (χ4v) is 11.4. The molecule has 0 unspecified atom stereocenters. The summed E-state index contributed by atoms with van der Waals surface area (Å²) >= 11 is 0. The minimum absolute atomic E-state index is 0.128. The summed E-state index contributed by atoms with van der Waals surface area (Å²) in [5.74, 6) is 0. The highest BCUT2D eigenvalue weighted by Crippen LogP contribution is 2.51. The van der Waals surface area contributed by atoms with E-state index in [2.05, 4.69) is 242 Å². The maximum atomic E-state index is 6.78. The van der Waals surface area contributed by atoms with Crippen LogP contribution in [0.15, 0.2) is 223 Å². The third-order valence-corrected chi connectivity index (χ3v) is 14.6. The first kappa shape index (κ1) is 37.0. The van der Waals surface area contributed by atoms with Gasteiger partial charge in [-0.15, -0.1) is 0 Å². The Kier molecular flexibility index (Phi) is 7.74. The average molecular weight is 843 g/mol. The topological polar surface area (TPSA) is 21.3 Å². The van der Waals surface area contributed by atoms with Gasteiger partial charge in [-0.1, -0.05) is 153 Å². The zero-order valence-corrected chi connectivity index (χ0v) is 36.6. The van der Waals surface area contributed by atoms with Crippen LogP contribution in [0, 0.1) is 0 Å². The second kappa shape index (κ2) is 13.8. The Morgan fingerprint density at radius 3 is 1.76 bits per heavy atom. The van der Waals surface area contributed by atoms with Crippen molar-refractivity contribution in [3.05, 3.63) is 230 Å². The molecule has 3 heteroatoms. The van der Waals surface area contributed by atoms with E-state index in [1.165, 1.54) is 93.2 Å². The molecule has 1 aliphatic carbocycles. The molecule has 14 rings (SSSR count). The molecule has 0 radical (unpaired) electrons. The van der Waals surface area contributed by atoms with Crippen LogP contribution in [0.2, 0.25) is 0 Å². The number of rotatable bonds is 6. The number of fused-ring (bicyclic) bond motifs is 9. The third kappa shape index (κ3) is 5.26. The lowest BCUT2D eigenvalue weighted by Crippen LogP contribution is -2.16. The van der Waals surface area contributed by atoms with Gasteiger partial charge in [0.05, 0.1) is 11.0 Å². The molecule has 0 fully saturated rings. The molecule has 66 heavy (non-hydrogen) atoms. The third-order valence-electron chi connectivity index (χ3n) is 14.6. The van der Waals surface area contributed by atoms with Gasteiger partial charge in [-0.05, 0) is 139 Å². The SMILES string of the molecule is CC1(C)c2ccccc2-c2ccc(N(c3ccc(-c4ccc5c(c4)c4ccccc4n5-c4ccccc4)cc3)c3ccc(-c4ccc5c6ccccc6c6cccc7oc4c5c76)cc3)cc21. The minimum atomic E-state index is -0.128. The van der Waals surface area contributed by atoms with E-state index in [4.69, 9.17) is 4.42 Å². The van der Waals surface area contributed by atoms with Gasteiger partial charge in [0, 0.05) is 55.3 Å². The first-order chi connectivity index (χ1) is 32.5. The molecule has 2 heterocycles. The first-order valence-electron chi connectivity index (χ1n) is 22.9. The van der Waals surface area contributed by atoms with Crippen molar-refractivity contribution in [1.82, 2.24) is 4.57 Å². The van der Waals surface area contributed by atoms with Gasteiger partial charge in [0.1, 0.15) is 11.2 Å². The Bertz CT molecular complexity index is 4060. The van der Waals surface area contributed by atoms with Gasteiger partial charge in [-0.25, -0.2) is 0 Å². The molecule has 0 bridgehead atoms. The number of benzene rings is 11. The number of hydrogen-bond acceptors (Lipinski definition) is 2. The molecule has 11 aromatic carbocycles. The lowest BCUT2D eigenvalue weighted by molar-refractivity contribution is 0.660. The standard InChI is InChI=1S/C63H42N2O/c1-63(2)55-20-10-8-17-49(55)50-33-32-45(38-56(50)63)64(43-28-23-39(24-29-43)41-27-36-58-54(37-41)51-18-9-11-21-57(51)65(58)42-13-4-3-5-14-42)44-30-25-40(26-31-44)46-34-35-53-48-16-7-6-15-47(48)52-19-12-22-59-60(52)61(53)62(46)66-59/h3-38H,1-2H3. The lowest BCUT2D eigenvalue weighted by Gasteiger charge is -2.28. The van der Waals surface area contributed by atoms with Gasteiger partial charge >= 0.3 is 0 Å². The maximum Gasteiger partial charge on any atom is 0.143 e. The molecule has 0 spiro atoms. The lowest BCUT2D eigenvalue weighted by atomic mass is 9.82. The minimum Gasteiger partial charge on any atom is -0.455 e. The van der Waals surface area contributed by atoms with Crippen molar-refractivity contribution in [1.29, 1.82) is 0 Å². The predicted molar refractivity (Wildman–Crippen MR) is 277 cm³/mol. The van der Waals surface area contributed by atoms with Crippen LogP contribution in [0.25, 0.3) is 104 Å². The molecule has 13 aromatic rings. The van der Waals surface area contributed by atoms with Crippen molar-refractivity contribution in [3.8, 4) is 39.1 Å². The number of nitrogens with zero attached hydrogens (tertiary/aromatic N) is 2. The molecule has 0 N–H and O–H groups in total. The van der Waals surface area contributed by atoms with Gasteiger partial charge in [-0.3, -0.25) is 0 Å². The van der Waals surface area contributed by atoms with Crippen LogP contribution in [0.1, 0.15) is 25.0 Å². The van der Waals surface area contributed by atoms with Crippen molar-refractivity contribution in [3.63, 3.8) is 0 Å². The van der Waals surface area contributed by atoms with Gasteiger partial charge in [0.25, 0.3) is 0 Å². The number of anilines is 3. The fraction of sp³-hybridized carbons (Fsp3) is 0.0476. The van der Waals surface area contributed by atoms with Crippen LogP contribution in [0.5, 0.6) is 0 Å². The molecule has 0 saturated heterocycles. The van der Waals surface area contributed by atoms with Gasteiger partial charge in [0.2, 0.25) is 0 Å². The monoisotopic (exact) mass is 842 g/mol. The Morgan fingerprint density at radius 1 is 0.379 bits per heavy atom. The van der Waals surface area contributed by atoms with Crippen LogP contribution in [0.3, 0.4) is 0 Å².